The first kappa shape index (κ1) is 20.5. The van der Waals surface area contributed by atoms with Gasteiger partial charge >= 0.3 is 0 Å². The molecule has 152 valence electrons. The molecule has 2 aromatic rings. The van der Waals surface area contributed by atoms with Gasteiger partial charge in [0.25, 0.3) is 10.0 Å². The fourth-order valence-corrected chi connectivity index (χ4v) is 5.03. The average molecular weight is 427 g/mol. The fourth-order valence-electron chi connectivity index (χ4n) is 2.88. The molecule has 3 rings (SSSR count). The van der Waals surface area contributed by atoms with Crippen molar-refractivity contribution in [3.63, 3.8) is 0 Å². The van der Waals surface area contributed by atoms with Crippen LogP contribution < -0.4 is 19.5 Å². The van der Waals surface area contributed by atoms with Crippen LogP contribution in [0.25, 0.3) is 0 Å². The molecule has 1 atom stereocenters. The van der Waals surface area contributed by atoms with E-state index in [1.807, 2.05) is 13.8 Å². The van der Waals surface area contributed by atoms with Crippen LogP contribution in [-0.4, -0.2) is 37.2 Å². The highest BCUT2D eigenvalue weighted by Crippen LogP contribution is 2.42. The summed E-state index contributed by atoms with van der Waals surface area (Å²) in [5, 5.41) is 10.1. The molecular formula is C17H22N4O5S2. The van der Waals surface area contributed by atoms with Gasteiger partial charge in [0.2, 0.25) is 15.4 Å². The van der Waals surface area contributed by atoms with Crippen LogP contribution in [0, 0.1) is 0 Å². The van der Waals surface area contributed by atoms with Gasteiger partial charge in [0.05, 0.1) is 13.2 Å². The number of anilines is 1. The summed E-state index contributed by atoms with van der Waals surface area (Å²) in [5.74, 6) is 0.928. The molecule has 1 aromatic heterocycles. The number of nitrogens with zero attached hydrogens (tertiary/aromatic N) is 2. The number of rotatable bonds is 6. The number of ether oxygens (including phenoxy) is 2. The summed E-state index contributed by atoms with van der Waals surface area (Å²) in [4.78, 5) is 11.5. The Balaban J connectivity index is 1.87. The third kappa shape index (κ3) is 4.42. The minimum absolute atomic E-state index is 0.143. The molecule has 1 aliphatic heterocycles. The Morgan fingerprint density at radius 2 is 2.14 bits per heavy atom. The molecule has 0 fully saturated rings. The van der Waals surface area contributed by atoms with Gasteiger partial charge in [-0.3, -0.25) is 4.79 Å². The molecule has 28 heavy (non-hydrogen) atoms. The van der Waals surface area contributed by atoms with E-state index >= 15 is 0 Å². The molecule has 0 saturated heterocycles. The first-order valence-electron chi connectivity index (χ1n) is 8.66. The Morgan fingerprint density at radius 1 is 1.39 bits per heavy atom. The Morgan fingerprint density at radius 3 is 2.82 bits per heavy atom. The molecule has 0 bridgehead atoms. The third-order valence-corrected chi connectivity index (χ3v) is 6.86. The molecule has 0 saturated carbocycles. The second kappa shape index (κ2) is 7.64. The van der Waals surface area contributed by atoms with Crippen molar-refractivity contribution in [3.05, 3.63) is 23.8 Å². The van der Waals surface area contributed by atoms with Gasteiger partial charge < -0.3 is 14.8 Å². The van der Waals surface area contributed by atoms with Gasteiger partial charge in [-0.25, -0.2) is 13.1 Å². The van der Waals surface area contributed by atoms with Crippen molar-refractivity contribution >= 4 is 32.4 Å². The minimum atomic E-state index is -3.93. The molecule has 1 aromatic carbocycles. The SMILES string of the molecule is CCC(=O)Nc1nnc(S(=O)(=O)NC2CC(C)(C)Oc3cc(OC)ccc32)s1. The van der Waals surface area contributed by atoms with Crippen LogP contribution in [0.4, 0.5) is 5.13 Å². The zero-order valence-electron chi connectivity index (χ0n) is 16.0. The lowest BCUT2D eigenvalue weighted by Crippen LogP contribution is -2.41. The smallest absolute Gasteiger partial charge is 0.270 e. The van der Waals surface area contributed by atoms with Crippen molar-refractivity contribution in [2.45, 2.75) is 49.6 Å². The van der Waals surface area contributed by atoms with Gasteiger partial charge in [-0.2, -0.15) is 0 Å². The van der Waals surface area contributed by atoms with Crippen molar-refractivity contribution in [1.29, 1.82) is 0 Å². The molecule has 11 heteroatoms. The van der Waals surface area contributed by atoms with Crippen LogP contribution in [0.1, 0.15) is 45.2 Å². The van der Waals surface area contributed by atoms with Gasteiger partial charge in [-0.1, -0.05) is 24.3 Å². The first-order valence-corrected chi connectivity index (χ1v) is 11.0. The van der Waals surface area contributed by atoms with E-state index in [2.05, 4.69) is 20.2 Å². The van der Waals surface area contributed by atoms with Crippen LogP contribution in [0.5, 0.6) is 11.5 Å². The second-order valence-electron chi connectivity index (χ2n) is 6.92. The largest absolute Gasteiger partial charge is 0.497 e. The fraction of sp³-hybridized carbons (Fsp3) is 0.471. The van der Waals surface area contributed by atoms with E-state index < -0.39 is 21.7 Å². The van der Waals surface area contributed by atoms with E-state index in [-0.39, 0.29) is 21.8 Å². The van der Waals surface area contributed by atoms with Crippen LogP contribution in [0.15, 0.2) is 22.5 Å². The molecular weight excluding hydrogens is 404 g/mol. The lowest BCUT2D eigenvalue weighted by molar-refractivity contribution is -0.115. The molecule has 1 amide bonds. The number of carbonyl (C=O) groups is 1. The molecule has 0 spiro atoms. The number of methoxy groups -OCH3 is 1. The van der Waals surface area contributed by atoms with Crippen molar-refractivity contribution in [1.82, 2.24) is 14.9 Å². The van der Waals surface area contributed by atoms with Crippen molar-refractivity contribution in [2.75, 3.05) is 12.4 Å². The molecule has 2 N–H and O–H groups in total. The van der Waals surface area contributed by atoms with E-state index in [1.54, 1.807) is 32.2 Å². The molecule has 2 heterocycles. The lowest BCUT2D eigenvalue weighted by atomic mass is 9.90. The number of nitrogens with one attached hydrogen (secondary N) is 2. The van der Waals surface area contributed by atoms with E-state index in [4.69, 9.17) is 9.47 Å². The number of hydrogen-bond donors (Lipinski definition) is 2. The van der Waals surface area contributed by atoms with Gasteiger partial charge in [0, 0.05) is 24.5 Å². The van der Waals surface area contributed by atoms with Crippen LogP contribution in [-0.2, 0) is 14.8 Å². The van der Waals surface area contributed by atoms with Gasteiger partial charge in [0.1, 0.15) is 17.1 Å². The second-order valence-corrected chi connectivity index (χ2v) is 9.78. The Kier molecular flexibility index (Phi) is 5.60. The Hall–Kier alpha value is -2.24. The average Bonchev–Trinajstić information content (AvgIpc) is 3.09. The Bertz CT molecular complexity index is 987. The van der Waals surface area contributed by atoms with E-state index in [0.717, 1.165) is 11.3 Å². The summed E-state index contributed by atoms with van der Waals surface area (Å²) in [6, 6.07) is 4.77. The normalized spacial score (nSPS) is 18.1. The summed E-state index contributed by atoms with van der Waals surface area (Å²) >= 11 is 0.803. The minimum Gasteiger partial charge on any atom is -0.497 e. The summed E-state index contributed by atoms with van der Waals surface area (Å²) in [6.45, 7) is 5.47. The maximum absolute atomic E-state index is 12.8. The lowest BCUT2D eigenvalue weighted by Gasteiger charge is -2.37. The molecule has 0 aliphatic carbocycles. The molecule has 1 unspecified atom stereocenters. The third-order valence-electron chi connectivity index (χ3n) is 4.18. The highest BCUT2D eigenvalue weighted by molar-refractivity contribution is 7.91. The highest BCUT2D eigenvalue weighted by Gasteiger charge is 2.37. The number of amides is 1. The molecule has 0 radical (unpaired) electrons. The van der Waals surface area contributed by atoms with Crippen molar-refractivity contribution in [2.24, 2.45) is 0 Å². The number of hydrogen-bond acceptors (Lipinski definition) is 8. The number of benzene rings is 1. The van der Waals surface area contributed by atoms with Crippen LogP contribution >= 0.6 is 11.3 Å². The zero-order valence-corrected chi connectivity index (χ0v) is 17.6. The summed E-state index contributed by atoms with van der Waals surface area (Å²) in [7, 11) is -2.38. The van der Waals surface area contributed by atoms with Gasteiger partial charge in [0.15, 0.2) is 0 Å². The van der Waals surface area contributed by atoms with E-state index in [1.165, 1.54) is 0 Å². The van der Waals surface area contributed by atoms with E-state index in [0.29, 0.717) is 23.5 Å². The molecule has 9 nitrogen and oxygen atoms in total. The number of carbonyl (C=O) groups excluding carboxylic acids is 1. The summed E-state index contributed by atoms with van der Waals surface area (Å²) in [6.07, 6.45) is 0.696. The van der Waals surface area contributed by atoms with Gasteiger partial charge in [-0.05, 0) is 19.9 Å². The predicted molar refractivity (Wildman–Crippen MR) is 104 cm³/mol. The van der Waals surface area contributed by atoms with Crippen molar-refractivity contribution < 1.29 is 22.7 Å². The molecule has 1 aliphatic rings. The highest BCUT2D eigenvalue weighted by atomic mass is 32.2. The summed E-state index contributed by atoms with van der Waals surface area (Å²) < 4.78 is 39.4. The number of aromatic nitrogens is 2. The summed E-state index contributed by atoms with van der Waals surface area (Å²) in [5.41, 5.74) is 0.140. The first-order chi connectivity index (χ1) is 13.1. The monoisotopic (exact) mass is 426 g/mol. The maximum atomic E-state index is 12.8. The standard InChI is InChI=1S/C17H22N4O5S2/c1-5-14(22)18-15-19-20-16(27-15)28(23,24)21-12-9-17(2,3)26-13-8-10(25-4)6-7-11(12)13/h6-8,12,21H,5,9H2,1-4H3,(H,18,19,22). The van der Waals surface area contributed by atoms with Crippen LogP contribution in [0.2, 0.25) is 0 Å². The number of fused-ring (bicyclic) bond motifs is 1. The maximum Gasteiger partial charge on any atom is 0.270 e. The predicted octanol–water partition coefficient (Wildman–Crippen LogP) is 2.48. The zero-order chi connectivity index (χ0) is 20.5. The topological polar surface area (TPSA) is 120 Å². The van der Waals surface area contributed by atoms with E-state index in [9.17, 15) is 13.2 Å². The Labute approximate surface area is 167 Å². The quantitative estimate of drug-likeness (QED) is 0.681. The van der Waals surface area contributed by atoms with Crippen LogP contribution in [0.3, 0.4) is 0 Å². The number of sulfonamides is 1. The van der Waals surface area contributed by atoms with Gasteiger partial charge in [-0.15, -0.1) is 10.2 Å². The van der Waals surface area contributed by atoms with Crippen molar-refractivity contribution in [3.8, 4) is 11.5 Å².